The Labute approximate surface area is 140 Å². The van der Waals surface area contributed by atoms with Gasteiger partial charge in [-0.15, -0.1) is 0 Å². The minimum Gasteiger partial charge on any atom is -0.391 e. The Hall–Kier alpha value is -2.50. The predicted molar refractivity (Wildman–Crippen MR) is 90.8 cm³/mol. The lowest BCUT2D eigenvalue weighted by atomic mass is 9.99. The van der Waals surface area contributed by atoms with Gasteiger partial charge in [-0.25, -0.2) is 0 Å². The topological polar surface area (TPSA) is 83.6 Å². The van der Waals surface area contributed by atoms with Gasteiger partial charge in [-0.05, 0) is 18.6 Å². The molecule has 1 fully saturated rings. The van der Waals surface area contributed by atoms with E-state index in [1.807, 2.05) is 6.07 Å². The van der Waals surface area contributed by atoms with Gasteiger partial charge in [-0.2, -0.15) is 0 Å². The third-order valence-corrected chi connectivity index (χ3v) is 4.16. The Morgan fingerprint density at radius 2 is 1.62 bits per heavy atom. The number of ketones is 1. The number of carbonyl (C=O) groups excluding carboxylic acids is 2. The minimum atomic E-state index is -0.605. The van der Waals surface area contributed by atoms with E-state index in [9.17, 15) is 14.7 Å². The molecule has 1 aliphatic heterocycles. The molecule has 2 aromatic rings. The zero-order valence-corrected chi connectivity index (χ0v) is 13.3. The summed E-state index contributed by atoms with van der Waals surface area (Å²) in [5, 5.41) is 9.81. The summed E-state index contributed by atoms with van der Waals surface area (Å²) in [6.07, 6.45) is -0.108. The van der Waals surface area contributed by atoms with Gasteiger partial charge in [-0.3, -0.25) is 9.59 Å². The molecule has 1 heterocycles. The van der Waals surface area contributed by atoms with Crippen LogP contribution in [0.25, 0.3) is 0 Å². The lowest BCUT2D eigenvalue weighted by Gasteiger charge is -2.34. The van der Waals surface area contributed by atoms with Gasteiger partial charge < -0.3 is 15.7 Å². The van der Waals surface area contributed by atoms with Crippen LogP contribution in [0.1, 0.15) is 32.7 Å². The van der Waals surface area contributed by atoms with Crippen LogP contribution in [0.5, 0.6) is 0 Å². The van der Waals surface area contributed by atoms with E-state index in [4.69, 9.17) is 5.73 Å². The molecule has 3 N–H and O–H groups in total. The van der Waals surface area contributed by atoms with E-state index in [1.165, 1.54) is 0 Å². The Morgan fingerprint density at radius 1 is 0.958 bits per heavy atom. The minimum absolute atomic E-state index is 0.124. The van der Waals surface area contributed by atoms with Crippen LogP contribution in [-0.4, -0.2) is 46.9 Å². The number of β-amino-alcohol motifs (C(OH)–C–C–N with tert-alkyl or cyclic N) is 1. The number of aliphatic hydroxyl groups is 1. The number of rotatable bonds is 3. The normalized spacial score (nSPS) is 20.7. The van der Waals surface area contributed by atoms with Gasteiger partial charge in [0.1, 0.15) is 0 Å². The summed E-state index contributed by atoms with van der Waals surface area (Å²) in [5.41, 5.74) is 7.35. The summed E-state index contributed by atoms with van der Waals surface area (Å²) in [7, 11) is 0. The lowest BCUT2D eigenvalue weighted by molar-refractivity contribution is 0.0423. The van der Waals surface area contributed by atoms with Gasteiger partial charge in [-0.1, -0.05) is 42.5 Å². The quantitative estimate of drug-likeness (QED) is 0.837. The van der Waals surface area contributed by atoms with E-state index in [-0.39, 0.29) is 24.3 Å². The van der Waals surface area contributed by atoms with Gasteiger partial charge in [0.15, 0.2) is 5.78 Å². The highest BCUT2D eigenvalue weighted by atomic mass is 16.3. The number of aliphatic hydroxyl groups excluding tert-OH is 1. The predicted octanol–water partition coefficient (Wildman–Crippen LogP) is 1.45. The molecule has 1 amide bonds. The van der Waals surface area contributed by atoms with Crippen molar-refractivity contribution in [3.63, 3.8) is 0 Å². The average Bonchev–Trinajstić information content (AvgIpc) is 2.60. The third-order valence-electron chi connectivity index (χ3n) is 4.16. The number of amides is 1. The van der Waals surface area contributed by atoms with Crippen molar-refractivity contribution in [3.05, 3.63) is 71.3 Å². The monoisotopic (exact) mass is 324 g/mol. The largest absolute Gasteiger partial charge is 0.391 e. The second-order valence-electron chi connectivity index (χ2n) is 6.14. The van der Waals surface area contributed by atoms with Crippen molar-refractivity contribution >= 4 is 11.7 Å². The van der Waals surface area contributed by atoms with Crippen molar-refractivity contribution in [3.8, 4) is 0 Å². The smallest absolute Gasteiger partial charge is 0.254 e. The number of benzene rings is 2. The molecule has 0 bridgehead atoms. The van der Waals surface area contributed by atoms with Crippen molar-refractivity contribution in [2.45, 2.75) is 18.6 Å². The van der Waals surface area contributed by atoms with Gasteiger partial charge in [0, 0.05) is 35.8 Å². The second kappa shape index (κ2) is 6.95. The van der Waals surface area contributed by atoms with Crippen LogP contribution >= 0.6 is 0 Å². The van der Waals surface area contributed by atoms with Crippen molar-refractivity contribution in [2.75, 3.05) is 13.1 Å². The first kappa shape index (κ1) is 16.4. The summed E-state index contributed by atoms with van der Waals surface area (Å²) < 4.78 is 0. The Morgan fingerprint density at radius 3 is 2.33 bits per heavy atom. The van der Waals surface area contributed by atoms with Crippen LogP contribution in [0, 0.1) is 0 Å². The summed E-state index contributed by atoms with van der Waals surface area (Å²) in [4.78, 5) is 26.7. The fourth-order valence-electron chi connectivity index (χ4n) is 3.01. The zero-order valence-electron chi connectivity index (χ0n) is 13.3. The number of hydrogen-bond acceptors (Lipinski definition) is 4. The fraction of sp³-hybridized carbons (Fsp3) is 0.263. The highest BCUT2D eigenvalue weighted by molar-refractivity contribution is 6.10. The van der Waals surface area contributed by atoms with Gasteiger partial charge in [0.25, 0.3) is 5.91 Å². The zero-order chi connectivity index (χ0) is 17.1. The molecule has 3 rings (SSSR count). The number of nitrogens with zero attached hydrogens (tertiary/aromatic N) is 1. The lowest BCUT2D eigenvalue weighted by Crippen LogP contribution is -2.51. The number of hydrogen-bond donors (Lipinski definition) is 2. The van der Waals surface area contributed by atoms with E-state index in [0.717, 1.165) is 0 Å². The molecule has 124 valence electrons. The molecule has 5 heteroatoms. The van der Waals surface area contributed by atoms with Crippen LogP contribution in [-0.2, 0) is 0 Å². The molecule has 0 aromatic heterocycles. The molecule has 0 aliphatic carbocycles. The maximum absolute atomic E-state index is 12.7. The van der Waals surface area contributed by atoms with Crippen LogP contribution in [0.15, 0.2) is 54.6 Å². The highest BCUT2D eigenvalue weighted by Gasteiger charge is 2.27. The summed E-state index contributed by atoms with van der Waals surface area (Å²) in [6, 6.07) is 15.4. The van der Waals surface area contributed by atoms with E-state index < -0.39 is 6.10 Å². The standard InChI is InChI=1S/C19H20N2O3/c20-16-10-17(22)12-21(11-16)19(24)15-8-4-7-14(9-15)18(23)13-5-2-1-3-6-13/h1-9,16-17,22H,10-12,20H2. The summed E-state index contributed by atoms with van der Waals surface area (Å²) in [5.74, 6) is -0.340. The van der Waals surface area contributed by atoms with Crippen LogP contribution in [0.4, 0.5) is 0 Å². The molecular formula is C19H20N2O3. The number of carbonyl (C=O) groups is 2. The average molecular weight is 324 g/mol. The van der Waals surface area contributed by atoms with E-state index in [0.29, 0.717) is 29.7 Å². The molecule has 1 saturated heterocycles. The Kier molecular flexibility index (Phi) is 4.74. The molecular weight excluding hydrogens is 304 g/mol. The number of nitrogens with two attached hydrogens (primary N) is 1. The molecule has 0 saturated carbocycles. The van der Waals surface area contributed by atoms with E-state index in [1.54, 1.807) is 53.4 Å². The second-order valence-corrected chi connectivity index (χ2v) is 6.14. The molecule has 2 aromatic carbocycles. The summed E-state index contributed by atoms with van der Waals surface area (Å²) >= 11 is 0. The molecule has 2 unspecified atom stereocenters. The van der Waals surface area contributed by atoms with Crippen molar-refractivity contribution in [1.82, 2.24) is 4.90 Å². The molecule has 0 spiro atoms. The molecule has 5 nitrogen and oxygen atoms in total. The number of piperidine rings is 1. The molecule has 0 radical (unpaired) electrons. The molecule has 1 aliphatic rings. The first-order valence-electron chi connectivity index (χ1n) is 7.97. The Bertz CT molecular complexity index is 735. The van der Waals surface area contributed by atoms with Gasteiger partial charge in [0.2, 0.25) is 0 Å². The van der Waals surface area contributed by atoms with Crippen LogP contribution in [0.2, 0.25) is 0 Å². The third kappa shape index (κ3) is 3.53. The number of likely N-dealkylation sites (tertiary alicyclic amines) is 1. The van der Waals surface area contributed by atoms with E-state index in [2.05, 4.69) is 0 Å². The van der Waals surface area contributed by atoms with E-state index >= 15 is 0 Å². The SMILES string of the molecule is NC1CC(O)CN(C(=O)c2cccc(C(=O)c3ccccc3)c2)C1. The maximum Gasteiger partial charge on any atom is 0.254 e. The van der Waals surface area contributed by atoms with Crippen molar-refractivity contribution in [1.29, 1.82) is 0 Å². The highest BCUT2D eigenvalue weighted by Crippen LogP contribution is 2.16. The van der Waals surface area contributed by atoms with Gasteiger partial charge in [0.05, 0.1) is 6.10 Å². The van der Waals surface area contributed by atoms with Crippen molar-refractivity contribution in [2.24, 2.45) is 5.73 Å². The Balaban J connectivity index is 1.82. The van der Waals surface area contributed by atoms with Gasteiger partial charge >= 0.3 is 0 Å². The maximum atomic E-state index is 12.7. The first-order chi connectivity index (χ1) is 11.5. The van der Waals surface area contributed by atoms with Crippen LogP contribution < -0.4 is 5.73 Å². The van der Waals surface area contributed by atoms with Crippen LogP contribution in [0.3, 0.4) is 0 Å². The first-order valence-corrected chi connectivity index (χ1v) is 7.97. The molecule has 24 heavy (non-hydrogen) atoms. The fourth-order valence-corrected chi connectivity index (χ4v) is 3.01. The van der Waals surface area contributed by atoms with Crippen molar-refractivity contribution < 1.29 is 14.7 Å². The summed E-state index contributed by atoms with van der Waals surface area (Å²) in [6.45, 7) is 0.677. The molecule has 2 atom stereocenters.